The van der Waals surface area contributed by atoms with Crippen LogP contribution in [0.5, 0.6) is 0 Å². The Morgan fingerprint density at radius 3 is 2.83 bits per heavy atom. The largest absolute Gasteiger partial charge is 0.380 e. The predicted octanol–water partition coefficient (Wildman–Crippen LogP) is 1.58. The van der Waals surface area contributed by atoms with Gasteiger partial charge in [0.05, 0.1) is 12.6 Å². The molecule has 0 aromatic carbocycles. The van der Waals surface area contributed by atoms with Crippen LogP contribution in [-0.4, -0.2) is 42.2 Å². The second-order valence-electron chi connectivity index (χ2n) is 4.80. The summed E-state index contributed by atoms with van der Waals surface area (Å²) in [6.45, 7) is 5.83. The molecule has 1 aromatic heterocycles. The van der Waals surface area contributed by atoms with Crippen molar-refractivity contribution in [1.29, 1.82) is 0 Å². The lowest BCUT2D eigenvalue weighted by atomic mass is 9.97. The molecular weight excluding hydrogens is 226 g/mol. The van der Waals surface area contributed by atoms with Gasteiger partial charge in [-0.15, -0.1) is 0 Å². The number of hydrogen-bond donors (Lipinski definition) is 1. The third-order valence-electron chi connectivity index (χ3n) is 3.57. The lowest BCUT2D eigenvalue weighted by Gasteiger charge is -2.34. The van der Waals surface area contributed by atoms with E-state index < -0.39 is 0 Å². The van der Waals surface area contributed by atoms with Gasteiger partial charge in [-0.25, -0.2) is 0 Å². The van der Waals surface area contributed by atoms with Gasteiger partial charge in [-0.3, -0.25) is 9.88 Å². The monoisotopic (exact) mass is 249 g/mol. The first-order valence-electron chi connectivity index (χ1n) is 6.80. The van der Waals surface area contributed by atoms with Crippen LogP contribution in [0.2, 0.25) is 0 Å². The van der Waals surface area contributed by atoms with Crippen LogP contribution < -0.4 is 5.73 Å². The van der Waals surface area contributed by atoms with E-state index in [-0.39, 0.29) is 12.1 Å². The van der Waals surface area contributed by atoms with E-state index in [1.54, 1.807) is 0 Å². The van der Waals surface area contributed by atoms with E-state index in [4.69, 9.17) is 10.5 Å². The highest BCUT2D eigenvalue weighted by Crippen LogP contribution is 2.25. The number of ether oxygens (including phenoxy) is 1. The summed E-state index contributed by atoms with van der Waals surface area (Å²) >= 11 is 0. The smallest absolute Gasteiger partial charge is 0.0593 e. The van der Waals surface area contributed by atoms with Gasteiger partial charge in [0.25, 0.3) is 0 Å². The first-order valence-corrected chi connectivity index (χ1v) is 6.80. The fourth-order valence-corrected chi connectivity index (χ4v) is 2.56. The van der Waals surface area contributed by atoms with Crippen LogP contribution in [-0.2, 0) is 4.74 Å². The van der Waals surface area contributed by atoms with E-state index in [9.17, 15) is 0 Å². The molecule has 0 amide bonds. The molecule has 2 unspecified atom stereocenters. The first-order chi connectivity index (χ1) is 8.83. The van der Waals surface area contributed by atoms with Crippen molar-refractivity contribution in [3.8, 4) is 0 Å². The van der Waals surface area contributed by atoms with Gasteiger partial charge in [0.1, 0.15) is 0 Å². The molecule has 2 N–H and O–H groups in total. The molecule has 0 spiro atoms. The molecule has 0 aliphatic carbocycles. The van der Waals surface area contributed by atoms with Crippen molar-refractivity contribution in [3.63, 3.8) is 0 Å². The topological polar surface area (TPSA) is 51.4 Å². The fourth-order valence-electron chi connectivity index (χ4n) is 2.56. The molecular formula is C14H23N3O. The van der Waals surface area contributed by atoms with Crippen molar-refractivity contribution in [2.75, 3.05) is 26.3 Å². The average Bonchev–Trinajstić information content (AvgIpc) is 2.69. The molecule has 4 nitrogen and oxygen atoms in total. The van der Waals surface area contributed by atoms with Gasteiger partial charge in [0.2, 0.25) is 0 Å². The van der Waals surface area contributed by atoms with E-state index in [1.165, 1.54) is 5.56 Å². The highest BCUT2D eigenvalue weighted by Gasteiger charge is 2.26. The zero-order valence-electron chi connectivity index (χ0n) is 11.1. The number of nitrogens with zero attached hydrogens (tertiary/aromatic N) is 2. The number of pyridine rings is 1. The predicted molar refractivity (Wildman–Crippen MR) is 72.3 cm³/mol. The van der Waals surface area contributed by atoms with Crippen LogP contribution in [0.4, 0.5) is 0 Å². The molecule has 2 heterocycles. The highest BCUT2D eigenvalue weighted by atomic mass is 16.5. The lowest BCUT2D eigenvalue weighted by Crippen LogP contribution is -2.42. The minimum Gasteiger partial charge on any atom is -0.380 e. The van der Waals surface area contributed by atoms with Crippen molar-refractivity contribution in [3.05, 3.63) is 30.1 Å². The first kappa shape index (κ1) is 13.5. The maximum Gasteiger partial charge on any atom is 0.0593 e. The van der Waals surface area contributed by atoms with Crippen molar-refractivity contribution in [2.45, 2.75) is 31.8 Å². The Bertz CT molecular complexity index is 336. The normalized spacial score (nSPS) is 21.2. The Hall–Kier alpha value is -0.970. The lowest BCUT2D eigenvalue weighted by molar-refractivity contribution is 0.125. The van der Waals surface area contributed by atoms with E-state index in [0.29, 0.717) is 0 Å². The van der Waals surface area contributed by atoms with Gasteiger partial charge < -0.3 is 10.5 Å². The second-order valence-corrected chi connectivity index (χ2v) is 4.80. The van der Waals surface area contributed by atoms with Gasteiger partial charge in [0.15, 0.2) is 0 Å². The Kier molecular flexibility index (Phi) is 5.11. The maximum absolute atomic E-state index is 6.33. The second kappa shape index (κ2) is 6.83. The summed E-state index contributed by atoms with van der Waals surface area (Å²) in [6.07, 6.45) is 5.75. The van der Waals surface area contributed by atoms with Gasteiger partial charge in [-0.1, -0.05) is 6.92 Å². The van der Waals surface area contributed by atoms with Crippen LogP contribution in [0.1, 0.15) is 31.4 Å². The van der Waals surface area contributed by atoms with Crippen LogP contribution >= 0.6 is 0 Å². The van der Waals surface area contributed by atoms with Crippen LogP contribution in [0.25, 0.3) is 0 Å². The summed E-state index contributed by atoms with van der Waals surface area (Å²) in [4.78, 5) is 6.55. The standard InChI is InChI=1S/C14H23N3O/c1-2-13(15)14(12-4-6-16-7-5-12)17-8-3-10-18-11-9-17/h4-7,13-14H,2-3,8-11,15H2,1H3. The summed E-state index contributed by atoms with van der Waals surface area (Å²) < 4.78 is 5.53. The van der Waals surface area contributed by atoms with E-state index in [0.717, 1.165) is 39.1 Å². The van der Waals surface area contributed by atoms with E-state index in [2.05, 4.69) is 28.9 Å². The molecule has 1 aliphatic rings. The highest BCUT2D eigenvalue weighted by molar-refractivity contribution is 5.17. The molecule has 0 saturated carbocycles. The molecule has 4 heteroatoms. The Labute approximate surface area is 109 Å². The number of hydrogen-bond acceptors (Lipinski definition) is 4. The molecule has 1 aliphatic heterocycles. The zero-order valence-corrected chi connectivity index (χ0v) is 11.1. The SMILES string of the molecule is CCC(N)C(c1ccncc1)N1CCCOCC1. The van der Waals surface area contributed by atoms with Crippen molar-refractivity contribution in [2.24, 2.45) is 5.73 Å². The number of aromatic nitrogens is 1. The van der Waals surface area contributed by atoms with Crippen molar-refractivity contribution >= 4 is 0 Å². The number of rotatable bonds is 4. The van der Waals surface area contributed by atoms with Crippen LogP contribution in [0, 0.1) is 0 Å². The zero-order chi connectivity index (χ0) is 12.8. The summed E-state index contributed by atoms with van der Waals surface area (Å²) in [7, 11) is 0. The molecule has 18 heavy (non-hydrogen) atoms. The molecule has 1 aromatic rings. The Morgan fingerprint density at radius 1 is 1.33 bits per heavy atom. The fraction of sp³-hybridized carbons (Fsp3) is 0.643. The maximum atomic E-state index is 6.33. The molecule has 100 valence electrons. The van der Waals surface area contributed by atoms with Crippen LogP contribution in [0.15, 0.2) is 24.5 Å². The number of nitrogens with two attached hydrogens (primary N) is 1. The Balaban J connectivity index is 2.18. The third kappa shape index (κ3) is 3.28. The minimum absolute atomic E-state index is 0.158. The van der Waals surface area contributed by atoms with E-state index in [1.807, 2.05) is 12.4 Å². The third-order valence-corrected chi connectivity index (χ3v) is 3.57. The summed E-state index contributed by atoms with van der Waals surface area (Å²) in [5.74, 6) is 0. The van der Waals surface area contributed by atoms with Crippen molar-refractivity contribution in [1.82, 2.24) is 9.88 Å². The minimum atomic E-state index is 0.158. The Morgan fingerprint density at radius 2 is 2.11 bits per heavy atom. The molecule has 2 rings (SSSR count). The van der Waals surface area contributed by atoms with Gasteiger partial charge >= 0.3 is 0 Å². The quantitative estimate of drug-likeness (QED) is 0.880. The molecule has 1 saturated heterocycles. The summed E-state index contributed by atoms with van der Waals surface area (Å²) in [5, 5.41) is 0. The van der Waals surface area contributed by atoms with Gasteiger partial charge in [0, 0.05) is 38.1 Å². The molecule has 1 fully saturated rings. The molecule has 0 radical (unpaired) electrons. The average molecular weight is 249 g/mol. The van der Waals surface area contributed by atoms with E-state index >= 15 is 0 Å². The van der Waals surface area contributed by atoms with Gasteiger partial charge in [-0.05, 0) is 30.5 Å². The summed E-state index contributed by atoms with van der Waals surface area (Å²) in [5.41, 5.74) is 7.59. The molecule has 2 atom stereocenters. The van der Waals surface area contributed by atoms with Crippen molar-refractivity contribution < 1.29 is 4.74 Å². The van der Waals surface area contributed by atoms with Gasteiger partial charge in [-0.2, -0.15) is 0 Å². The summed E-state index contributed by atoms with van der Waals surface area (Å²) in [6, 6.07) is 4.59. The molecule has 0 bridgehead atoms. The van der Waals surface area contributed by atoms with Crippen LogP contribution in [0.3, 0.4) is 0 Å².